The molecular weight excluding hydrogens is 259 g/mol. The smallest absolute Gasteiger partial charge is 0.130 e. The summed E-state index contributed by atoms with van der Waals surface area (Å²) in [4.78, 5) is 0. The quantitative estimate of drug-likeness (QED) is 0.914. The lowest BCUT2D eigenvalue weighted by Gasteiger charge is -2.14. The maximum Gasteiger partial charge on any atom is 0.130 e. The van der Waals surface area contributed by atoms with Crippen LogP contribution < -0.4 is 4.74 Å². The Bertz CT molecular complexity index is 594. The van der Waals surface area contributed by atoms with E-state index in [-0.39, 0.29) is 12.4 Å². The number of ether oxygens (including phenoxy) is 1. The molecule has 4 nitrogen and oxygen atoms in total. The van der Waals surface area contributed by atoms with E-state index < -0.39 is 6.10 Å². The van der Waals surface area contributed by atoms with Gasteiger partial charge >= 0.3 is 0 Å². The number of halogens is 1. The lowest BCUT2D eigenvalue weighted by Crippen LogP contribution is -2.07. The molecule has 1 atom stereocenters. The molecule has 1 aromatic carbocycles. The van der Waals surface area contributed by atoms with Crippen molar-refractivity contribution in [2.45, 2.75) is 40.0 Å². The highest BCUT2D eigenvalue weighted by atomic mass is 19.1. The highest BCUT2D eigenvalue weighted by Gasteiger charge is 2.12. The van der Waals surface area contributed by atoms with E-state index in [2.05, 4.69) is 5.10 Å². The van der Waals surface area contributed by atoms with Crippen LogP contribution in [0.5, 0.6) is 5.75 Å². The second-order valence-electron chi connectivity index (χ2n) is 4.74. The number of rotatable bonds is 5. The third-order valence-corrected chi connectivity index (χ3v) is 3.09. The van der Waals surface area contributed by atoms with Gasteiger partial charge in [0.05, 0.1) is 17.5 Å². The third kappa shape index (κ3) is 3.17. The number of hydrogen-bond donors (Lipinski definition) is 1. The number of aliphatic hydroxyl groups excluding tert-OH is 1. The van der Waals surface area contributed by atoms with Crippen molar-refractivity contribution in [1.82, 2.24) is 9.78 Å². The average Bonchev–Trinajstić information content (AvgIpc) is 2.76. The average molecular weight is 278 g/mol. The molecule has 0 amide bonds. The molecule has 0 saturated carbocycles. The SMILES string of the molecule is CCn1nc(C)cc1COc1cc(F)ccc1[C@@H](C)O. The van der Waals surface area contributed by atoms with E-state index >= 15 is 0 Å². The predicted molar refractivity (Wildman–Crippen MR) is 74.0 cm³/mol. The lowest BCUT2D eigenvalue weighted by atomic mass is 10.1. The number of hydrogen-bond acceptors (Lipinski definition) is 3. The van der Waals surface area contributed by atoms with Gasteiger partial charge in [-0.05, 0) is 39.0 Å². The van der Waals surface area contributed by atoms with E-state index in [0.29, 0.717) is 11.3 Å². The van der Waals surface area contributed by atoms with E-state index in [1.54, 1.807) is 6.92 Å². The fourth-order valence-electron chi connectivity index (χ4n) is 2.12. The summed E-state index contributed by atoms with van der Waals surface area (Å²) in [7, 11) is 0. The molecule has 5 heteroatoms. The summed E-state index contributed by atoms with van der Waals surface area (Å²) in [6, 6.07) is 6.08. The Hall–Kier alpha value is -1.88. The van der Waals surface area contributed by atoms with Crippen molar-refractivity contribution in [3.63, 3.8) is 0 Å². The largest absolute Gasteiger partial charge is 0.487 e. The van der Waals surface area contributed by atoms with E-state index in [1.165, 1.54) is 18.2 Å². The first-order chi connectivity index (χ1) is 9.51. The molecule has 0 fully saturated rings. The van der Waals surface area contributed by atoms with Crippen LogP contribution in [0, 0.1) is 12.7 Å². The Balaban J connectivity index is 2.20. The van der Waals surface area contributed by atoms with Crippen LogP contribution in [0.25, 0.3) is 0 Å². The van der Waals surface area contributed by atoms with Crippen LogP contribution in [0.2, 0.25) is 0 Å². The molecule has 2 rings (SSSR count). The molecule has 20 heavy (non-hydrogen) atoms. The van der Waals surface area contributed by atoms with Gasteiger partial charge in [-0.3, -0.25) is 4.68 Å². The van der Waals surface area contributed by atoms with Crippen molar-refractivity contribution in [2.24, 2.45) is 0 Å². The van der Waals surface area contributed by atoms with Gasteiger partial charge in [-0.2, -0.15) is 5.10 Å². The van der Waals surface area contributed by atoms with Crippen molar-refractivity contribution >= 4 is 0 Å². The summed E-state index contributed by atoms with van der Waals surface area (Å²) < 4.78 is 20.8. The number of aryl methyl sites for hydroxylation is 2. The maximum absolute atomic E-state index is 13.3. The highest BCUT2D eigenvalue weighted by molar-refractivity contribution is 5.35. The summed E-state index contributed by atoms with van der Waals surface area (Å²) in [5.41, 5.74) is 2.41. The second-order valence-corrected chi connectivity index (χ2v) is 4.74. The van der Waals surface area contributed by atoms with Gasteiger partial charge in [0.25, 0.3) is 0 Å². The minimum absolute atomic E-state index is 0.290. The molecule has 0 spiro atoms. The molecule has 0 aliphatic rings. The minimum atomic E-state index is -0.705. The van der Waals surface area contributed by atoms with Crippen LogP contribution in [-0.2, 0) is 13.2 Å². The van der Waals surface area contributed by atoms with Gasteiger partial charge in [0.15, 0.2) is 0 Å². The van der Waals surface area contributed by atoms with Gasteiger partial charge in [-0.25, -0.2) is 4.39 Å². The Kier molecular flexibility index (Phi) is 4.39. The summed E-state index contributed by atoms with van der Waals surface area (Å²) in [6.07, 6.45) is -0.705. The highest BCUT2D eigenvalue weighted by Crippen LogP contribution is 2.26. The van der Waals surface area contributed by atoms with Crippen molar-refractivity contribution < 1.29 is 14.2 Å². The monoisotopic (exact) mass is 278 g/mol. The molecule has 1 heterocycles. The number of nitrogens with zero attached hydrogens (tertiary/aromatic N) is 2. The standard InChI is InChI=1S/C15H19FN2O2/c1-4-18-13(7-10(2)17-18)9-20-15-8-12(16)5-6-14(15)11(3)19/h5-8,11,19H,4,9H2,1-3H3/t11-/m1/s1. The summed E-state index contributed by atoms with van der Waals surface area (Å²) in [6.45, 7) is 6.58. The molecule has 0 aliphatic heterocycles. The van der Waals surface area contributed by atoms with Gasteiger partial charge < -0.3 is 9.84 Å². The molecule has 2 aromatic rings. The van der Waals surface area contributed by atoms with E-state index in [0.717, 1.165) is 17.9 Å². The zero-order valence-electron chi connectivity index (χ0n) is 11.9. The van der Waals surface area contributed by atoms with Crippen LogP contribution in [0.1, 0.15) is 36.9 Å². The molecular formula is C15H19FN2O2. The van der Waals surface area contributed by atoms with E-state index in [9.17, 15) is 9.50 Å². The van der Waals surface area contributed by atoms with Crippen molar-refractivity contribution in [3.05, 3.63) is 47.0 Å². The van der Waals surface area contributed by atoms with Crippen LogP contribution >= 0.6 is 0 Å². The molecule has 0 bridgehead atoms. The Morgan fingerprint density at radius 2 is 2.15 bits per heavy atom. The number of benzene rings is 1. The molecule has 0 radical (unpaired) electrons. The first kappa shape index (κ1) is 14.5. The fraction of sp³-hybridized carbons (Fsp3) is 0.400. The first-order valence-corrected chi connectivity index (χ1v) is 6.65. The first-order valence-electron chi connectivity index (χ1n) is 6.65. The minimum Gasteiger partial charge on any atom is -0.487 e. The van der Waals surface area contributed by atoms with Crippen molar-refractivity contribution in [1.29, 1.82) is 0 Å². The normalized spacial score (nSPS) is 12.4. The number of aromatic nitrogens is 2. The summed E-state index contributed by atoms with van der Waals surface area (Å²) >= 11 is 0. The third-order valence-electron chi connectivity index (χ3n) is 3.09. The Labute approximate surface area is 117 Å². The zero-order chi connectivity index (χ0) is 14.7. The van der Waals surface area contributed by atoms with Crippen LogP contribution in [0.3, 0.4) is 0 Å². The van der Waals surface area contributed by atoms with Gasteiger partial charge in [-0.1, -0.05) is 0 Å². The fourth-order valence-corrected chi connectivity index (χ4v) is 2.12. The Morgan fingerprint density at radius 3 is 2.80 bits per heavy atom. The van der Waals surface area contributed by atoms with Crippen LogP contribution in [0.4, 0.5) is 4.39 Å². The van der Waals surface area contributed by atoms with Crippen molar-refractivity contribution in [2.75, 3.05) is 0 Å². The molecule has 0 unspecified atom stereocenters. The van der Waals surface area contributed by atoms with Crippen LogP contribution in [-0.4, -0.2) is 14.9 Å². The lowest BCUT2D eigenvalue weighted by molar-refractivity contribution is 0.189. The number of aliphatic hydroxyl groups is 1. The van der Waals surface area contributed by atoms with Gasteiger partial charge in [0, 0.05) is 18.2 Å². The predicted octanol–water partition coefficient (Wildman–Crippen LogP) is 2.98. The summed E-state index contributed by atoms with van der Waals surface area (Å²) in [5.74, 6) is -0.0221. The van der Waals surface area contributed by atoms with E-state index in [1.807, 2.05) is 24.6 Å². The van der Waals surface area contributed by atoms with Crippen molar-refractivity contribution in [3.8, 4) is 5.75 Å². The van der Waals surface area contributed by atoms with Gasteiger partial charge in [-0.15, -0.1) is 0 Å². The van der Waals surface area contributed by atoms with Gasteiger partial charge in [0.2, 0.25) is 0 Å². The summed E-state index contributed by atoms with van der Waals surface area (Å²) in [5, 5.41) is 14.0. The molecule has 0 aliphatic carbocycles. The Morgan fingerprint density at radius 1 is 1.40 bits per heavy atom. The molecule has 1 N–H and O–H groups in total. The molecule has 0 saturated heterocycles. The maximum atomic E-state index is 13.3. The van der Waals surface area contributed by atoms with Crippen LogP contribution in [0.15, 0.2) is 24.3 Å². The van der Waals surface area contributed by atoms with E-state index in [4.69, 9.17) is 4.74 Å². The van der Waals surface area contributed by atoms with Gasteiger partial charge in [0.1, 0.15) is 18.2 Å². The topological polar surface area (TPSA) is 47.3 Å². The molecule has 108 valence electrons. The second kappa shape index (κ2) is 6.05. The zero-order valence-corrected chi connectivity index (χ0v) is 11.9. The molecule has 1 aromatic heterocycles.